The van der Waals surface area contributed by atoms with E-state index in [9.17, 15) is 8.78 Å². The van der Waals surface area contributed by atoms with Crippen LogP contribution < -0.4 is 5.32 Å². The largest absolute Gasteiger partial charge is 0.340 e. The van der Waals surface area contributed by atoms with Gasteiger partial charge in [0.1, 0.15) is 5.82 Å². The van der Waals surface area contributed by atoms with E-state index in [1.165, 1.54) is 6.07 Å². The molecule has 5 nitrogen and oxygen atoms in total. The van der Waals surface area contributed by atoms with E-state index in [1.807, 2.05) is 36.4 Å². The average Bonchev–Trinajstić information content (AvgIpc) is 2.82. The fraction of sp³-hybridized carbons (Fsp3) is 0. The van der Waals surface area contributed by atoms with Gasteiger partial charge in [0.2, 0.25) is 0 Å². The second-order valence-electron chi connectivity index (χ2n) is 6.86. The molecule has 150 valence electrons. The quantitative estimate of drug-likeness (QED) is 0.406. The van der Waals surface area contributed by atoms with Crippen molar-refractivity contribution in [2.45, 2.75) is 0 Å². The average molecular weight is 411 g/mol. The molecule has 0 saturated heterocycles. The number of benzene rings is 2. The Kier molecular flexibility index (Phi) is 4.76. The lowest BCUT2D eigenvalue weighted by molar-refractivity contribution is 0.509. The van der Waals surface area contributed by atoms with Gasteiger partial charge in [0, 0.05) is 47.5 Å². The highest BCUT2D eigenvalue weighted by molar-refractivity contribution is 5.95. The van der Waals surface area contributed by atoms with E-state index in [4.69, 9.17) is 0 Å². The van der Waals surface area contributed by atoms with Crippen molar-refractivity contribution in [1.82, 2.24) is 19.9 Å². The molecule has 0 amide bonds. The van der Waals surface area contributed by atoms with Gasteiger partial charge in [0.15, 0.2) is 17.5 Å². The summed E-state index contributed by atoms with van der Waals surface area (Å²) in [5, 5.41) is 3.86. The van der Waals surface area contributed by atoms with Crippen LogP contribution in [-0.2, 0) is 0 Å². The molecule has 5 rings (SSSR count). The SMILES string of the molecule is Fc1ccc(Nc2nc(-c3cccnc3)nc3ccc(-c4ccncc4)cc23)cc1F. The predicted molar refractivity (Wildman–Crippen MR) is 116 cm³/mol. The van der Waals surface area contributed by atoms with Gasteiger partial charge in [-0.05, 0) is 59.7 Å². The molecule has 5 aromatic rings. The molecule has 0 aliphatic carbocycles. The Labute approximate surface area is 176 Å². The number of nitrogens with zero attached hydrogens (tertiary/aromatic N) is 4. The molecule has 1 N–H and O–H groups in total. The lowest BCUT2D eigenvalue weighted by Crippen LogP contribution is -2.00. The van der Waals surface area contributed by atoms with Gasteiger partial charge < -0.3 is 5.32 Å². The van der Waals surface area contributed by atoms with Crippen LogP contribution >= 0.6 is 0 Å². The third kappa shape index (κ3) is 3.81. The van der Waals surface area contributed by atoms with E-state index in [1.54, 1.807) is 30.9 Å². The highest BCUT2D eigenvalue weighted by Gasteiger charge is 2.12. The van der Waals surface area contributed by atoms with Crippen molar-refractivity contribution in [3.8, 4) is 22.5 Å². The minimum Gasteiger partial charge on any atom is -0.340 e. The number of hydrogen-bond donors (Lipinski definition) is 1. The van der Waals surface area contributed by atoms with Crippen LogP contribution in [0.3, 0.4) is 0 Å². The molecule has 7 heteroatoms. The fourth-order valence-electron chi connectivity index (χ4n) is 3.28. The van der Waals surface area contributed by atoms with Crippen LogP contribution in [-0.4, -0.2) is 19.9 Å². The van der Waals surface area contributed by atoms with Crippen LogP contribution in [0, 0.1) is 11.6 Å². The molecule has 0 aliphatic rings. The zero-order valence-corrected chi connectivity index (χ0v) is 16.1. The van der Waals surface area contributed by atoms with E-state index >= 15 is 0 Å². The van der Waals surface area contributed by atoms with Crippen LogP contribution in [0.15, 0.2) is 85.5 Å². The summed E-state index contributed by atoms with van der Waals surface area (Å²) in [6.07, 6.45) is 6.80. The van der Waals surface area contributed by atoms with E-state index in [2.05, 4.69) is 25.3 Å². The second kappa shape index (κ2) is 7.87. The molecule has 0 unspecified atom stereocenters. The zero-order chi connectivity index (χ0) is 21.2. The number of anilines is 2. The lowest BCUT2D eigenvalue weighted by atomic mass is 10.0. The normalized spacial score (nSPS) is 10.9. The minimum absolute atomic E-state index is 0.380. The monoisotopic (exact) mass is 411 g/mol. The van der Waals surface area contributed by atoms with Gasteiger partial charge in [-0.3, -0.25) is 9.97 Å². The maximum absolute atomic E-state index is 13.8. The number of rotatable bonds is 4. The molecule has 0 bridgehead atoms. The topological polar surface area (TPSA) is 63.6 Å². The number of nitrogens with one attached hydrogen (secondary N) is 1. The first-order chi connectivity index (χ1) is 15.2. The van der Waals surface area contributed by atoms with Gasteiger partial charge in [0.05, 0.1) is 5.52 Å². The maximum Gasteiger partial charge on any atom is 0.163 e. The highest BCUT2D eigenvalue weighted by atomic mass is 19.2. The van der Waals surface area contributed by atoms with Crippen molar-refractivity contribution in [2.75, 3.05) is 5.32 Å². The van der Waals surface area contributed by atoms with Crippen molar-refractivity contribution < 1.29 is 8.78 Å². The second-order valence-corrected chi connectivity index (χ2v) is 6.86. The van der Waals surface area contributed by atoms with Gasteiger partial charge in [-0.25, -0.2) is 18.7 Å². The summed E-state index contributed by atoms with van der Waals surface area (Å²) in [5.41, 5.74) is 3.78. The standard InChI is InChI=1S/C24H15F2N5/c25-20-5-4-18(13-21(20)26)29-24-19-12-16(15-7-10-27-11-8-15)3-6-22(19)30-23(31-24)17-2-1-9-28-14-17/h1-14H,(H,29,30,31). The number of hydrogen-bond acceptors (Lipinski definition) is 5. The number of fused-ring (bicyclic) bond motifs is 1. The summed E-state index contributed by atoms with van der Waals surface area (Å²) in [5.74, 6) is -0.893. The van der Waals surface area contributed by atoms with Crippen molar-refractivity contribution in [2.24, 2.45) is 0 Å². The maximum atomic E-state index is 13.8. The van der Waals surface area contributed by atoms with Crippen LogP contribution in [0.2, 0.25) is 0 Å². The van der Waals surface area contributed by atoms with E-state index in [-0.39, 0.29) is 0 Å². The smallest absolute Gasteiger partial charge is 0.163 e. The first kappa shape index (κ1) is 18.7. The molecule has 0 radical (unpaired) electrons. The van der Waals surface area contributed by atoms with Gasteiger partial charge in [-0.2, -0.15) is 0 Å². The summed E-state index contributed by atoms with van der Waals surface area (Å²) in [4.78, 5) is 17.5. The molecule has 0 aliphatic heterocycles. The number of aromatic nitrogens is 4. The Bertz CT molecular complexity index is 1380. The van der Waals surface area contributed by atoms with Gasteiger partial charge in [-0.15, -0.1) is 0 Å². The highest BCUT2D eigenvalue weighted by Crippen LogP contribution is 2.31. The molecule has 2 aromatic carbocycles. The molecule has 3 heterocycles. The Morgan fingerprint density at radius 1 is 0.677 bits per heavy atom. The fourth-order valence-corrected chi connectivity index (χ4v) is 3.28. The Morgan fingerprint density at radius 2 is 1.55 bits per heavy atom. The molecule has 31 heavy (non-hydrogen) atoms. The summed E-state index contributed by atoms with van der Waals surface area (Å²) >= 11 is 0. The van der Waals surface area contributed by atoms with Crippen molar-refractivity contribution in [3.05, 3.63) is 97.1 Å². The van der Waals surface area contributed by atoms with Crippen LogP contribution in [0.1, 0.15) is 0 Å². The van der Waals surface area contributed by atoms with Gasteiger partial charge in [0.25, 0.3) is 0 Å². The molecular formula is C24H15F2N5. The molecule has 0 atom stereocenters. The van der Waals surface area contributed by atoms with Crippen molar-refractivity contribution in [3.63, 3.8) is 0 Å². The van der Waals surface area contributed by atoms with Crippen LogP contribution in [0.4, 0.5) is 20.3 Å². The first-order valence-corrected chi connectivity index (χ1v) is 9.52. The summed E-state index contributed by atoms with van der Waals surface area (Å²) in [6, 6.07) is 17.0. The Hall–Kier alpha value is -4.26. The Balaban J connectivity index is 1.68. The molecular weight excluding hydrogens is 396 g/mol. The molecule has 0 spiro atoms. The minimum atomic E-state index is -0.937. The van der Waals surface area contributed by atoms with Gasteiger partial charge >= 0.3 is 0 Å². The van der Waals surface area contributed by atoms with E-state index < -0.39 is 11.6 Å². The van der Waals surface area contributed by atoms with Crippen LogP contribution in [0.25, 0.3) is 33.4 Å². The number of pyridine rings is 2. The lowest BCUT2D eigenvalue weighted by Gasteiger charge is -2.12. The predicted octanol–water partition coefficient (Wildman–Crippen LogP) is 5.78. The van der Waals surface area contributed by atoms with E-state index in [0.717, 1.165) is 34.2 Å². The third-order valence-corrected chi connectivity index (χ3v) is 4.81. The first-order valence-electron chi connectivity index (χ1n) is 9.52. The summed E-state index contributed by atoms with van der Waals surface area (Å²) in [7, 11) is 0. The Morgan fingerprint density at radius 3 is 2.32 bits per heavy atom. The van der Waals surface area contributed by atoms with Crippen molar-refractivity contribution >= 4 is 22.4 Å². The van der Waals surface area contributed by atoms with Gasteiger partial charge in [-0.1, -0.05) is 6.07 Å². The zero-order valence-electron chi connectivity index (χ0n) is 16.1. The molecule has 0 saturated carbocycles. The third-order valence-electron chi connectivity index (χ3n) is 4.81. The number of halogens is 2. The molecule has 0 fully saturated rings. The molecule has 3 aromatic heterocycles. The van der Waals surface area contributed by atoms with Crippen LogP contribution in [0.5, 0.6) is 0 Å². The summed E-state index contributed by atoms with van der Waals surface area (Å²) in [6.45, 7) is 0. The van der Waals surface area contributed by atoms with E-state index in [0.29, 0.717) is 22.8 Å². The summed E-state index contributed by atoms with van der Waals surface area (Å²) < 4.78 is 27.1. The van der Waals surface area contributed by atoms with Crippen molar-refractivity contribution in [1.29, 1.82) is 0 Å².